The Hall–Kier alpha value is -0.850. The smallest absolute Gasteiger partial charge is 0.130 e. The van der Waals surface area contributed by atoms with Crippen LogP contribution in [-0.4, -0.2) is 40.9 Å². The van der Waals surface area contributed by atoms with Crippen molar-refractivity contribution >= 4 is 18.9 Å². The van der Waals surface area contributed by atoms with Gasteiger partial charge in [0.2, 0.25) is 0 Å². The first kappa shape index (κ1) is 18.5. The number of hydroxylamine groups is 1. The summed E-state index contributed by atoms with van der Waals surface area (Å²) in [6.45, 7) is 8.27. The number of allylic oxidation sites excluding steroid dienone is 1. The van der Waals surface area contributed by atoms with Crippen LogP contribution in [0.25, 0.3) is 6.08 Å². The summed E-state index contributed by atoms with van der Waals surface area (Å²) in [5.74, 6) is 0.611. The van der Waals surface area contributed by atoms with Crippen LogP contribution in [0.5, 0.6) is 0 Å². The van der Waals surface area contributed by atoms with E-state index in [0.717, 1.165) is 39.0 Å². The van der Waals surface area contributed by atoms with E-state index in [-0.39, 0.29) is 0 Å². The molecule has 2 rings (SSSR count). The fourth-order valence-electron chi connectivity index (χ4n) is 3.06. The van der Waals surface area contributed by atoms with Gasteiger partial charge in [-0.2, -0.15) is 5.21 Å². The number of likely N-dealkylation sites (tertiary alicyclic amines) is 1. The van der Waals surface area contributed by atoms with Crippen molar-refractivity contribution in [3.8, 4) is 0 Å². The van der Waals surface area contributed by atoms with Crippen molar-refractivity contribution in [2.45, 2.75) is 33.2 Å². The van der Waals surface area contributed by atoms with Gasteiger partial charge in [0.15, 0.2) is 0 Å². The molecule has 0 aromatic heterocycles. The van der Waals surface area contributed by atoms with E-state index in [9.17, 15) is 5.21 Å². The molecule has 4 nitrogen and oxygen atoms in total. The fourth-order valence-corrected chi connectivity index (χ4v) is 3.14. The predicted octanol–water partition coefficient (Wildman–Crippen LogP) is 3.43. The van der Waals surface area contributed by atoms with Crippen molar-refractivity contribution in [1.29, 1.82) is 0 Å². The van der Waals surface area contributed by atoms with Crippen LogP contribution in [0, 0.1) is 12.8 Å². The number of nitrogens with one attached hydrogen (secondary N) is 1. The highest BCUT2D eigenvalue weighted by molar-refractivity contribution is 7.74. The third-order valence-corrected chi connectivity index (χ3v) is 4.62. The summed E-state index contributed by atoms with van der Waals surface area (Å²) in [6.07, 6.45) is 6.60. The molecule has 0 aliphatic carbocycles. The lowest BCUT2D eigenvalue weighted by molar-refractivity contribution is -1.01. The molecule has 1 saturated heterocycles. The average molecular weight is 337 g/mol. The largest absolute Gasteiger partial charge is 0.299 e. The van der Waals surface area contributed by atoms with Crippen LogP contribution in [0.15, 0.2) is 24.3 Å². The van der Waals surface area contributed by atoms with E-state index in [1.165, 1.54) is 16.7 Å². The van der Waals surface area contributed by atoms with E-state index in [4.69, 9.17) is 0 Å². The Morgan fingerprint density at radius 2 is 2.09 bits per heavy atom. The fraction of sp³-hybridized carbons (Fsp3) is 0.556. The third-order valence-electron chi connectivity index (χ3n) is 4.48. The summed E-state index contributed by atoms with van der Waals surface area (Å²) < 4.78 is -0.461. The van der Waals surface area contributed by atoms with Crippen LogP contribution in [0.3, 0.4) is 0 Å². The monoisotopic (exact) mass is 336 g/mol. The number of quaternary nitrogens is 1. The first-order chi connectivity index (χ1) is 10.9. The molecular weight excluding hydrogens is 306 g/mol. The maximum atomic E-state index is 9.56. The van der Waals surface area contributed by atoms with E-state index in [1.807, 2.05) is 0 Å². The first-order valence-corrected chi connectivity index (χ1v) is 8.79. The topological polar surface area (TPSA) is 35.5 Å². The van der Waals surface area contributed by atoms with Gasteiger partial charge in [0.25, 0.3) is 0 Å². The molecule has 1 aromatic rings. The SMILES string of the molecule is C/C=C\c1cc(CN2CCC(CN[N+](C)(O)S)CC2)ccc1C. The van der Waals surface area contributed by atoms with E-state index in [1.54, 1.807) is 7.05 Å². The van der Waals surface area contributed by atoms with Crippen molar-refractivity contribution in [2.24, 2.45) is 5.92 Å². The maximum Gasteiger partial charge on any atom is 0.130 e. The zero-order chi connectivity index (χ0) is 16.9. The second kappa shape index (κ2) is 8.31. The molecular formula is C18H30N3OS+. The van der Waals surface area contributed by atoms with Gasteiger partial charge < -0.3 is 0 Å². The van der Waals surface area contributed by atoms with Gasteiger partial charge in [-0.05, 0) is 62.4 Å². The molecule has 128 valence electrons. The molecule has 1 unspecified atom stereocenters. The summed E-state index contributed by atoms with van der Waals surface area (Å²) in [5, 5.41) is 9.56. The Balaban J connectivity index is 1.83. The van der Waals surface area contributed by atoms with E-state index >= 15 is 0 Å². The maximum absolute atomic E-state index is 9.56. The lowest BCUT2D eigenvalue weighted by atomic mass is 9.96. The van der Waals surface area contributed by atoms with Crippen LogP contribution in [-0.2, 0) is 6.54 Å². The minimum atomic E-state index is -0.461. The van der Waals surface area contributed by atoms with Crippen LogP contribution in [0.4, 0.5) is 0 Å². The summed E-state index contributed by atoms with van der Waals surface area (Å²) in [4.78, 5) is 2.52. The number of nitrogens with zero attached hydrogens (tertiary/aromatic N) is 2. The number of piperidine rings is 1. The first-order valence-electron chi connectivity index (χ1n) is 8.39. The van der Waals surface area contributed by atoms with Crippen LogP contribution >= 0.6 is 12.8 Å². The van der Waals surface area contributed by atoms with Gasteiger partial charge in [0.1, 0.15) is 19.9 Å². The van der Waals surface area contributed by atoms with Gasteiger partial charge in [-0.25, -0.2) is 0 Å². The van der Waals surface area contributed by atoms with Gasteiger partial charge in [-0.3, -0.25) is 4.90 Å². The molecule has 1 aliphatic rings. The normalized spacial score (nSPS) is 20.0. The van der Waals surface area contributed by atoms with Crippen molar-refractivity contribution < 1.29 is 9.37 Å². The van der Waals surface area contributed by atoms with E-state index in [0.29, 0.717) is 5.92 Å². The van der Waals surface area contributed by atoms with Gasteiger partial charge in [-0.15, -0.1) is 5.43 Å². The van der Waals surface area contributed by atoms with E-state index < -0.39 is 4.16 Å². The highest BCUT2D eigenvalue weighted by Crippen LogP contribution is 2.20. The van der Waals surface area contributed by atoms with Gasteiger partial charge in [0, 0.05) is 6.54 Å². The standard InChI is InChI=1S/C18H30N3OS/c1-4-5-18-12-17(7-6-15(18)2)14-20-10-8-16(9-11-20)13-19-21(3,22)23/h4-7,12,16,19,22-23H,8-11,13-14H2,1-3H3/q+1/b5-4-. The second-order valence-corrected chi connectivity index (χ2v) is 7.46. The van der Waals surface area contributed by atoms with Crippen LogP contribution < -0.4 is 5.43 Å². The molecule has 1 atom stereocenters. The molecule has 1 fully saturated rings. The number of rotatable bonds is 6. The Labute approximate surface area is 145 Å². The molecule has 0 spiro atoms. The molecule has 1 aliphatic heterocycles. The van der Waals surface area contributed by atoms with Gasteiger partial charge in [-0.1, -0.05) is 34.5 Å². The lowest BCUT2D eigenvalue weighted by Gasteiger charge is -2.32. The van der Waals surface area contributed by atoms with Crippen molar-refractivity contribution in [3.05, 3.63) is 41.0 Å². The molecule has 2 N–H and O–H groups in total. The number of benzene rings is 1. The van der Waals surface area contributed by atoms with Crippen molar-refractivity contribution in [1.82, 2.24) is 10.3 Å². The number of hydrogen-bond donors (Lipinski definition) is 3. The van der Waals surface area contributed by atoms with Crippen molar-refractivity contribution in [2.75, 3.05) is 26.7 Å². The minimum absolute atomic E-state index is 0.461. The van der Waals surface area contributed by atoms with Gasteiger partial charge in [0.05, 0.1) is 6.54 Å². The average Bonchev–Trinajstić information content (AvgIpc) is 2.49. The molecule has 5 heteroatoms. The molecule has 1 heterocycles. The third kappa shape index (κ3) is 6.28. The molecule has 1 aromatic carbocycles. The minimum Gasteiger partial charge on any atom is -0.299 e. The highest BCUT2D eigenvalue weighted by atomic mass is 32.1. The highest BCUT2D eigenvalue weighted by Gasteiger charge is 2.22. The van der Waals surface area contributed by atoms with Gasteiger partial charge >= 0.3 is 0 Å². The van der Waals surface area contributed by atoms with Crippen molar-refractivity contribution in [3.63, 3.8) is 0 Å². The Bertz CT molecular complexity index is 532. The Kier molecular flexibility index (Phi) is 6.68. The quantitative estimate of drug-likeness (QED) is 0.423. The Morgan fingerprint density at radius 3 is 2.70 bits per heavy atom. The summed E-state index contributed by atoms with van der Waals surface area (Å²) in [5.41, 5.74) is 7.04. The summed E-state index contributed by atoms with van der Waals surface area (Å²) in [6, 6.07) is 6.76. The van der Waals surface area contributed by atoms with E-state index in [2.05, 4.69) is 67.3 Å². The number of hydrogen-bond acceptors (Lipinski definition) is 4. The predicted molar refractivity (Wildman–Crippen MR) is 98.8 cm³/mol. The molecule has 0 amide bonds. The number of thiol groups is 1. The zero-order valence-corrected chi connectivity index (χ0v) is 15.4. The number of aryl methyl sites for hydroxylation is 1. The molecule has 0 radical (unpaired) electrons. The van der Waals surface area contributed by atoms with Crippen LogP contribution in [0.1, 0.15) is 36.5 Å². The Morgan fingerprint density at radius 1 is 1.39 bits per heavy atom. The lowest BCUT2D eigenvalue weighted by Crippen LogP contribution is -2.47. The second-order valence-electron chi connectivity index (χ2n) is 6.69. The van der Waals surface area contributed by atoms with Crippen LogP contribution in [0.2, 0.25) is 0 Å². The summed E-state index contributed by atoms with van der Waals surface area (Å²) in [7, 11) is 1.61. The molecule has 0 saturated carbocycles. The molecule has 23 heavy (non-hydrogen) atoms. The zero-order valence-electron chi connectivity index (χ0n) is 14.5. The molecule has 0 bridgehead atoms. The summed E-state index contributed by atoms with van der Waals surface area (Å²) >= 11 is 4.04.